The fourth-order valence-corrected chi connectivity index (χ4v) is 16.3. The number of hydrogen-bond donors (Lipinski definition) is 8. The lowest BCUT2D eigenvalue weighted by Gasteiger charge is -2.31. The maximum absolute atomic E-state index is 12.7. The van der Waals surface area contributed by atoms with Gasteiger partial charge in [0.25, 0.3) is 17.7 Å². The summed E-state index contributed by atoms with van der Waals surface area (Å²) in [7, 11) is -1.35. The van der Waals surface area contributed by atoms with Gasteiger partial charge in [0, 0.05) is 137 Å². The number of carbonyl (C=O) groups is 2. The average Bonchev–Trinajstić information content (AvgIpc) is 1.58. The molecule has 1 aliphatic carbocycles. The van der Waals surface area contributed by atoms with E-state index in [4.69, 9.17) is 55.7 Å². The molecule has 13 heterocycles. The molecule has 3 atom stereocenters. The van der Waals surface area contributed by atoms with E-state index < -0.39 is 43.0 Å². The van der Waals surface area contributed by atoms with Gasteiger partial charge in [-0.05, 0) is 168 Å². The Morgan fingerprint density at radius 2 is 0.891 bits per heavy atom. The minimum atomic E-state index is -3.03. The van der Waals surface area contributed by atoms with E-state index >= 15 is 0 Å². The third-order valence-electron chi connectivity index (χ3n) is 25.3. The van der Waals surface area contributed by atoms with Crippen LogP contribution in [0.15, 0.2) is 214 Å². The number of methoxy groups -OCH3 is 1. The van der Waals surface area contributed by atoms with Crippen LogP contribution >= 0.6 is 0 Å². The number of nitrogen functional groups attached to an aromatic ring is 4. The van der Waals surface area contributed by atoms with Crippen LogP contribution in [0.2, 0.25) is 0 Å². The van der Waals surface area contributed by atoms with Crippen molar-refractivity contribution in [2.24, 2.45) is 17.8 Å². The topological polar surface area (TPSA) is 555 Å². The standard InChI is InChI=1S/C27H30N8O3.C24H27N7O2.C23H25N7O3S.C23H28N6O3/c1-27(21-7-8-21,20-5-3-17(4-6-20)18-11-29-26(28)30-12-18)25-32-24(38-33-25)19-13-31-35(14-19)16-23(36)34-10-9-22(15-34)37-2;1-23(2,14-32)30-19-10-7-16(11-26-19)20-29-21(31-33-20)24(3,4)18-8-5-15(6-9-18)17-12-27-22(25)28-13-17;1-23(2,18-7-4-15(5-8-18)17-13-27-22(24)28-14-17)21-29-20(33-30-21)16-6-9-19(26-12-16)25-10-11-34(3,31)32;1-14(2)23(3,18-6-4-15(5-7-18)17-12-25-21(24)26-13-17)20-27-22(32-28-20)29-10-8-16(9-11-29)19(30)31/h3-6,11-14,21-22H,7-10,15-16H2,1-2H3,(H2,28,29,30);5-13,32H,14H2,1-4H3,(H,26,30)(H2,25,27,28);4-9,12-14H,10-11H2,1-3H3,(H,25,26)(H2,24,27,28);4-7,12-14,16H,8-11H2,1-3H3,(H,30,31)(H2,24,25,26)/t22-,27+;;;/m1.../s1. The number of nitrogens with two attached hydrogens (primary N) is 4. The molecule has 0 radical (unpaired) electrons. The molecule has 1 unspecified atom stereocenters. The fourth-order valence-electron chi connectivity index (χ4n) is 15.8. The van der Waals surface area contributed by atoms with Gasteiger partial charge in [-0.15, -0.1) is 0 Å². The molecule has 137 heavy (non-hydrogen) atoms. The molecule has 3 fully saturated rings. The first-order chi connectivity index (χ1) is 65.5. The number of benzene rings is 4. The number of amides is 1. The van der Waals surface area contributed by atoms with E-state index in [1.165, 1.54) is 6.26 Å². The molecular weight excluding hydrogens is 1770 g/mol. The Bertz CT molecular complexity index is 6690. The van der Waals surface area contributed by atoms with E-state index in [-0.39, 0.29) is 73.1 Å². The molecule has 40 heteroatoms. The zero-order valence-electron chi connectivity index (χ0n) is 78.1. The van der Waals surface area contributed by atoms with E-state index in [1.807, 2.05) is 124 Å². The molecule has 0 spiro atoms. The number of pyridine rings is 2. The fraction of sp³-hybridized carbons (Fsp3) is 0.351. The molecule has 12 N–H and O–H groups in total. The number of rotatable bonds is 29. The van der Waals surface area contributed by atoms with Gasteiger partial charge in [0.1, 0.15) is 28.0 Å². The Labute approximate surface area is 791 Å². The summed E-state index contributed by atoms with van der Waals surface area (Å²) >= 11 is 0. The number of piperidine rings is 1. The van der Waals surface area contributed by atoms with Crippen molar-refractivity contribution in [2.45, 2.75) is 141 Å². The second-order valence-corrected chi connectivity index (χ2v) is 38.7. The number of hydrogen-bond acceptors (Lipinski definition) is 36. The van der Waals surface area contributed by atoms with E-state index in [0.29, 0.717) is 115 Å². The predicted molar refractivity (Wildman–Crippen MR) is 515 cm³/mol. The number of anilines is 7. The van der Waals surface area contributed by atoms with Crippen LogP contribution in [0, 0.1) is 17.8 Å². The van der Waals surface area contributed by atoms with E-state index in [1.54, 1.807) is 98.3 Å². The van der Waals surface area contributed by atoms with Crippen molar-refractivity contribution in [3.63, 3.8) is 0 Å². The second-order valence-electron chi connectivity index (χ2n) is 36.5. The van der Waals surface area contributed by atoms with E-state index in [2.05, 4.69) is 160 Å². The number of nitrogens with zero attached hydrogens (tertiary/aromatic N) is 22. The molecule has 39 nitrogen and oxygen atoms in total. The van der Waals surface area contributed by atoms with Crippen molar-refractivity contribution in [3.05, 3.63) is 241 Å². The lowest BCUT2D eigenvalue weighted by molar-refractivity contribution is -0.142. The first kappa shape index (κ1) is 96.3. The Morgan fingerprint density at radius 1 is 0.482 bits per heavy atom. The monoisotopic (exact) mass is 1870 g/mol. The lowest BCUT2D eigenvalue weighted by Crippen LogP contribution is -2.36. The molecular formula is C97H110N28O11S. The molecule has 15 aromatic rings. The molecule has 4 aromatic carbocycles. The molecule has 2 aliphatic heterocycles. The van der Waals surface area contributed by atoms with Gasteiger partial charge in [0.05, 0.1) is 74.5 Å². The summed E-state index contributed by atoms with van der Waals surface area (Å²) < 4.78 is 51.8. The van der Waals surface area contributed by atoms with Gasteiger partial charge in [0.15, 0.2) is 23.3 Å². The van der Waals surface area contributed by atoms with Gasteiger partial charge >= 0.3 is 12.0 Å². The number of carboxylic acids is 1. The number of aliphatic hydroxyl groups is 1. The van der Waals surface area contributed by atoms with Gasteiger partial charge in [-0.3, -0.25) is 14.3 Å². The Morgan fingerprint density at radius 3 is 1.30 bits per heavy atom. The average molecular weight is 1880 g/mol. The zero-order valence-corrected chi connectivity index (χ0v) is 78.9. The number of aliphatic hydroxyl groups excluding tert-OH is 1. The first-order valence-electron chi connectivity index (χ1n) is 44.7. The number of carboxylic acid groups (broad SMARTS) is 1. The molecule has 710 valence electrons. The molecule has 18 rings (SSSR count). The SMILES string of the molecule is CC(C)(CO)Nc1ccc(-c2nc(C(C)(C)c3ccc(-c4cnc(N)nc4)cc3)no2)cn1.CC(C)(c1ccc(-c2cnc(N)nc2)cc1)c1noc(-c2ccc(NCCS(C)(=O)=O)nc2)n1.CC(C)C(C)(c1ccc(-c2cnc(N)nc2)cc1)c1noc(N2CCC(C(=O)O)CC2)n1.CO[C@@H]1CCN(C(=O)Cn2cc(-c3nc([C@@](C)(c4ccc(-c5cnc(N)nc5)cc4)C4CC4)no3)cn2)C1. The van der Waals surface area contributed by atoms with Crippen LogP contribution in [0.1, 0.15) is 147 Å². The van der Waals surface area contributed by atoms with Crippen LogP contribution in [-0.4, -0.2) is 206 Å². The highest BCUT2D eigenvalue weighted by atomic mass is 32.2. The van der Waals surface area contributed by atoms with Crippen molar-refractivity contribution >= 4 is 63.2 Å². The lowest BCUT2D eigenvalue weighted by atomic mass is 9.72. The maximum Gasteiger partial charge on any atom is 0.324 e. The minimum Gasteiger partial charge on any atom is -0.481 e. The van der Waals surface area contributed by atoms with Gasteiger partial charge in [-0.1, -0.05) is 132 Å². The summed E-state index contributed by atoms with van der Waals surface area (Å²) in [5.74, 6) is 5.37. The summed E-state index contributed by atoms with van der Waals surface area (Å²) in [6.45, 7) is 23.4. The van der Waals surface area contributed by atoms with Crippen molar-refractivity contribution in [1.82, 2.24) is 105 Å². The second kappa shape index (κ2) is 40.9. The Kier molecular flexibility index (Phi) is 28.7. The summed E-state index contributed by atoms with van der Waals surface area (Å²) in [6, 6.07) is 40.3. The van der Waals surface area contributed by atoms with Crippen molar-refractivity contribution in [2.75, 3.05) is 96.9 Å². The molecule has 2 saturated heterocycles. The predicted octanol–water partition coefficient (Wildman–Crippen LogP) is 12.9. The van der Waals surface area contributed by atoms with Crippen LogP contribution in [-0.2, 0) is 52.4 Å². The van der Waals surface area contributed by atoms with Crippen LogP contribution in [0.5, 0.6) is 0 Å². The van der Waals surface area contributed by atoms with Crippen molar-refractivity contribution < 1.29 is 51.0 Å². The van der Waals surface area contributed by atoms with Crippen LogP contribution in [0.25, 0.3) is 78.9 Å². The largest absolute Gasteiger partial charge is 0.481 e. The van der Waals surface area contributed by atoms with Crippen LogP contribution < -0.4 is 38.5 Å². The summed E-state index contributed by atoms with van der Waals surface area (Å²) in [6.07, 6.45) is 25.9. The highest BCUT2D eigenvalue weighted by Gasteiger charge is 2.48. The number of ether oxygens (including phenoxy) is 1. The molecule has 1 saturated carbocycles. The van der Waals surface area contributed by atoms with Crippen LogP contribution in [0.4, 0.5) is 41.4 Å². The third kappa shape index (κ3) is 22.9. The van der Waals surface area contributed by atoms with Gasteiger partial charge < -0.3 is 76.4 Å². The quantitative estimate of drug-likeness (QED) is 0.0216. The minimum absolute atomic E-state index is 0.00668. The van der Waals surface area contributed by atoms with Gasteiger partial charge in [-0.25, -0.2) is 58.3 Å². The number of carbonyl (C=O) groups excluding carboxylic acids is 1. The summed E-state index contributed by atoms with van der Waals surface area (Å²) in [5, 5.41) is 46.3. The Hall–Kier alpha value is -15.3. The maximum atomic E-state index is 12.7. The van der Waals surface area contributed by atoms with Crippen LogP contribution in [0.3, 0.4) is 0 Å². The highest BCUT2D eigenvalue weighted by Crippen LogP contribution is 2.51. The summed E-state index contributed by atoms with van der Waals surface area (Å²) in [4.78, 5) is 87.6. The Balaban J connectivity index is 0.000000139. The van der Waals surface area contributed by atoms with Crippen molar-refractivity contribution in [3.8, 4) is 78.9 Å². The molecule has 1 amide bonds. The molecule has 11 aromatic heterocycles. The normalized spacial score (nSPS) is 15.1. The number of aliphatic carboxylic acids is 1. The first-order valence-corrected chi connectivity index (χ1v) is 46.7. The van der Waals surface area contributed by atoms with Crippen molar-refractivity contribution in [1.29, 1.82) is 0 Å². The number of nitrogens with one attached hydrogen (secondary N) is 2. The van der Waals surface area contributed by atoms with E-state index in [0.717, 1.165) is 91.6 Å². The van der Waals surface area contributed by atoms with Gasteiger partial charge in [-0.2, -0.15) is 25.0 Å². The molecule has 0 bridgehead atoms. The van der Waals surface area contributed by atoms with E-state index in [9.17, 15) is 28.2 Å². The number of aromatic nitrogens is 20. The smallest absolute Gasteiger partial charge is 0.324 e. The summed E-state index contributed by atoms with van der Waals surface area (Å²) in [5.41, 5.74) is 33.9. The zero-order chi connectivity index (χ0) is 97.1. The molecule has 3 aliphatic rings. The van der Waals surface area contributed by atoms with Gasteiger partial charge in [0.2, 0.25) is 29.7 Å². The third-order valence-corrected chi connectivity index (χ3v) is 26.2. The number of likely N-dealkylation sites (tertiary alicyclic amines) is 1. The highest BCUT2D eigenvalue weighted by molar-refractivity contribution is 7.90. The number of sulfone groups is 1.